The van der Waals surface area contributed by atoms with Crippen LogP contribution in [0.2, 0.25) is 0 Å². The number of hydrogen-bond donors (Lipinski definition) is 0. The molecule has 1 heterocycles. The Kier molecular flexibility index (Phi) is 3.61. The van der Waals surface area contributed by atoms with Gasteiger partial charge in [0.2, 0.25) is 0 Å². The van der Waals surface area contributed by atoms with E-state index in [0.717, 1.165) is 0 Å². The van der Waals surface area contributed by atoms with Crippen molar-refractivity contribution in [1.29, 1.82) is 0 Å². The quantitative estimate of drug-likeness (QED) is 0.632. The van der Waals surface area contributed by atoms with Crippen molar-refractivity contribution >= 4 is 7.85 Å². The Morgan fingerprint density at radius 1 is 1.43 bits per heavy atom. The zero-order valence-corrected chi connectivity index (χ0v) is 9.61. The van der Waals surface area contributed by atoms with E-state index in [1.807, 2.05) is 20.8 Å². The molecule has 1 aliphatic heterocycles. The monoisotopic (exact) mass is 198 g/mol. The second-order valence-corrected chi connectivity index (χ2v) is 4.16. The summed E-state index contributed by atoms with van der Waals surface area (Å²) in [5.41, 5.74) is -0.456. The van der Waals surface area contributed by atoms with Crippen molar-refractivity contribution < 1.29 is 14.2 Å². The van der Waals surface area contributed by atoms with Crippen molar-refractivity contribution in [2.24, 2.45) is 5.92 Å². The van der Waals surface area contributed by atoms with Gasteiger partial charge in [-0.2, -0.15) is 0 Å². The van der Waals surface area contributed by atoms with Crippen LogP contribution in [-0.4, -0.2) is 45.9 Å². The average molecular weight is 198 g/mol. The van der Waals surface area contributed by atoms with E-state index >= 15 is 0 Å². The summed E-state index contributed by atoms with van der Waals surface area (Å²) in [5, 5.41) is 0. The summed E-state index contributed by atoms with van der Waals surface area (Å²) in [4.78, 5) is 0. The van der Waals surface area contributed by atoms with Crippen LogP contribution in [0.15, 0.2) is 0 Å². The fourth-order valence-corrected chi connectivity index (χ4v) is 2.17. The zero-order chi connectivity index (χ0) is 10.9. The molecule has 0 saturated carbocycles. The first-order valence-corrected chi connectivity index (χ1v) is 4.96. The second kappa shape index (κ2) is 4.21. The summed E-state index contributed by atoms with van der Waals surface area (Å²) in [5.74, 6) is 0.183. The summed E-state index contributed by atoms with van der Waals surface area (Å²) in [6.07, 6.45) is -0.0594. The standard InChI is InChI=1S/C10H19BO3/c1-6-8(13-5)10(3,7(2)12-4)14-9(6)11/h6-9H,1-5H3/t6?,7?,8-,9?,10+/m0/s1. The van der Waals surface area contributed by atoms with Crippen molar-refractivity contribution in [2.75, 3.05) is 14.2 Å². The molecule has 0 N–H and O–H groups in total. The minimum Gasteiger partial charge on any atom is -0.379 e. The summed E-state index contributed by atoms with van der Waals surface area (Å²) < 4.78 is 16.5. The molecular weight excluding hydrogens is 179 g/mol. The molecule has 1 saturated heterocycles. The number of rotatable bonds is 3. The van der Waals surface area contributed by atoms with Crippen LogP contribution in [0.3, 0.4) is 0 Å². The summed E-state index contributed by atoms with van der Waals surface area (Å²) >= 11 is 0. The smallest absolute Gasteiger partial charge is 0.117 e. The maximum absolute atomic E-state index is 5.85. The lowest BCUT2D eigenvalue weighted by Gasteiger charge is -2.35. The van der Waals surface area contributed by atoms with Gasteiger partial charge in [0.05, 0.1) is 12.2 Å². The van der Waals surface area contributed by atoms with Crippen LogP contribution in [0.25, 0.3) is 0 Å². The summed E-state index contributed by atoms with van der Waals surface area (Å²) in [6, 6.07) is -0.275. The highest BCUT2D eigenvalue weighted by Gasteiger charge is 2.52. The Hall–Kier alpha value is -0.0551. The molecule has 0 spiro atoms. The molecule has 1 rings (SSSR count). The van der Waals surface area contributed by atoms with E-state index in [1.165, 1.54) is 0 Å². The molecule has 0 amide bonds. The fraction of sp³-hybridized carbons (Fsp3) is 1.00. The first-order chi connectivity index (χ1) is 6.47. The molecule has 0 aromatic heterocycles. The Bertz CT molecular complexity index is 200. The third kappa shape index (κ3) is 1.71. The van der Waals surface area contributed by atoms with E-state index in [9.17, 15) is 0 Å². The van der Waals surface area contributed by atoms with E-state index in [1.54, 1.807) is 14.2 Å². The Morgan fingerprint density at radius 2 is 2.00 bits per heavy atom. The molecule has 0 aromatic carbocycles. The van der Waals surface area contributed by atoms with Crippen LogP contribution in [0.1, 0.15) is 20.8 Å². The molecule has 3 unspecified atom stereocenters. The molecule has 4 heteroatoms. The number of ether oxygens (including phenoxy) is 3. The van der Waals surface area contributed by atoms with E-state index in [2.05, 4.69) is 0 Å². The maximum Gasteiger partial charge on any atom is 0.117 e. The molecule has 5 atom stereocenters. The van der Waals surface area contributed by atoms with Crippen LogP contribution in [-0.2, 0) is 14.2 Å². The van der Waals surface area contributed by atoms with Gasteiger partial charge in [0.1, 0.15) is 13.4 Å². The van der Waals surface area contributed by atoms with Crippen molar-refractivity contribution in [3.8, 4) is 0 Å². The van der Waals surface area contributed by atoms with E-state index in [0.29, 0.717) is 0 Å². The SMILES string of the molecule is [B]C1O[C@](C)(C(C)OC)[C@@H](OC)C1C. The summed E-state index contributed by atoms with van der Waals surface area (Å²) in [6.45, 7) is 5.99. The van der Waals surface area contributed by atoms with Crippen molar-refractivity contribution in [1.82, 2.24) is 0 Å². The van der Waals surface area contributed by atoms with Gasteiger partial charge in [0.25, 0.3) is 0 Å². The average Bonchev–Trinajstić information content (AvgIpc) is 2.38. The van der Waals surface area contributed by atoms with Gasteiger partial charge in [-0.05, 0) is 13.8 Å². The molecule has 1 fully saturated rings. The second-order valence-electron chi connectivity index (χ2n) is 4.16. The lowest BCUT2D eigenvalue weighted by atomic mass is 9.82. The highest BCUT2D eigenvalue weighted by molar-refractivity contribution is 6.11. The van der Waals surface area contributed by atoms with E-state index in [4.69, 9.17) is 22.1 Å². The van der Waals surface area contributed by atoms with Crippen LogP contribution in [0, 0.1) is 5.92 Å². The van der Waals surface area contributed by atoms with Crippen LogP contribution in [0.5, 0.6) is 0 Å². The van der Waals surface area contributed by atoms with Gasteiger partial charge >= 0.3 is 0 Å². The third-order valence-electron chi connectivity index (χ3n) is 3.37. The van der Waals surface area contributed by atoms with E-state index in [-0.39, 0.29) is 24.1 Å². The van der Waals surface area contributed by atoms with Crippen LogP contribution >= 0.6 is 0 Å². The normalized spacial score (nSPS) is 45.4. The van der Waals surface area contributed by atoms with Crippen LogP contribution < -0.4 is 0 Å². The first kappa shape index (κ1) is 12.0. The molecule has 14 heavy (non-hydrogen) atoms. The molecule has 0 aliphatic carbocycles. The molecular formula is C10H19BO3. The fourth-order valence-electron chi connectivity index (χ4n) is 2.17. The van der Waals surface area contributed by atoms with Crippen molar-refractivity contribution in [3.63, 3.8) is 0 Å². The maximum atomic E-state index is 5.85. The Morgan fingerprint density at radius 3 is 2.43 bits per heavy atom. The lowest BCUT2D eigenvalue weighted by Crippen LogP contribution is -2.49. The third-order valence-corrected chi connectivity index (χ3v) is 3.37. The van der Waals surface area contributed by atoms with Gasteiger partial charge in [-0.15, -0.1) is 0 Å². The zero-order valence-electron chi connectivity index (χ0n) is 9.61. The predicted molar refractivity (Wildman–Crippen MR) is 55.5 cm³/mol. The van der Waals surface area contributed by atoms with Crippen LogP contribution in [0.4, 0.5) is 0 Å². The number of methoxy groups -OCH3 is 2. The molecule has 80 valence electrons. The van der Waals surface area contributed by atoms with Gasteiger partial charge in [0.15, 0.2) is 0 Å². The Balaban J connectivity index is 2.87. The van der Waals surface area contributed by atoms with Crippen molar-refractivity contribution in [2.45, 2.75) is 44.6 Å². The lowest BCUT2D eigenvalue weighted by molar-refractivity contribution is -0.141. The van der Waals surface area contributed by atoms with Gasteiger partial charge in [-0.1, -0.05) is 6.92 Å². The van der Waals surface area contributed by atoms with Crippen molar-refractivity contribution in [3.05, 3.63) is 0 Å². The minimum atomic E-state index is -0.456. The summed E-state index contributed by atoms with van der Waals surface area (Å²) in [7, 11) is 9.21. The highest BCUT2D eigenvalue weighted by atomic mass is 16.6. The predicted octanol–water partition coefficient (Wildman–Crippen LogP) is 0.956. The topological polar surface area (TPSA) is 27.7 Å². The number of hydrogen-bond acceptors (Lipinski definition) is 3. The van der Waals surface area contributed by atoms with Gasteiger partial charge in [-0.3, -0.25) is 0 Å². The minimum absolute atomic E-state index is 0.0209. The molecule has 0 bridgehead atoms. The van der Waals surface area contributed by atoms with Gasteiger partial charge < -0.3 is 14.2 Å². The first-order valence-electron chi connectivity index (χ1n) is 4.96. The highest BCUT2D eigenvalue weighted by Crippen LogP contribution is 2.38. The molecule has 2 radical (unpaired) electrons. The molecule has 0 aromatic rings. The van der Waals surface area contributed by atoms with Gasteiger partial charge in [-0.25, -0.2) is 0 Å². The van der Waals surface area contributed by atoms with E-state index < -0.39 is 5.60 Å². The van der Waals surface area contributed by atoms with Gasteiger partial charge in [0, 0.05) is 26.1 Å². The largest absolute Gasteiger partial charge is 0.379 e. The Labute approximate surface area is 87.5 Å². The molecule has 1 aliphatic rings. The molecule has 3 nitrogen and oxygen atoms in total.